The molecule has 2 rings (SSSR count). The first-order valence-electron chi connectivity index (χ1n) is 6.37. The highest BCUT2D eigenvalue weighted by molar-refractivity contribution is 6.58. The maximum atomic E-state index is 10.7. The Labute approximate surface area is 126 Å². The molecule has 0 aliphatic rings. The fourth-order valence-corrected chi connectivity index (χ4v) is 1.80. The van der Waals surface area contributed by atoms with E-state index in [1.807, 2.05) is 0 Å². The summed E-state index contributed by atoms with van der Waals surface area (Å²) in [6.45, 7) is 0. The quantitative estimate of drug-likeness (QED) is 0.486. The van der Waals surface area contributed by atoms with Crippen LogP contribution >= 0.6 is 0 Å². The molecule has 0 amide bonds. The number of phenols is 1. The van der Waals surface area contributed by atoms with E-state index in [9.17, 15) is 9.90 Å². The second kappa shape index (κ2) is 6.84. The van der Waals surface area contributed by atoms with Crippen LogP contribution in [0.15, 0.2) is 52.7 Å². The molecule has 22 heavy (non-hydrogen) atoms. The molecule has 0 unspecified atom stereocenters. The van der Waals surface area contributed by atoms with Crippen LogP contribution in [0.3, 0.4) is 0 Å². The lowest BCUT2D eigenvalue weighted by Crippen LogP contribution is -2.29. The second-order valence-electron chi connectivity index (χ2n) is 4.55. The van der Waals surface area contributed by atoms with Gasteiger partial charge in [-0.3, -0.25) is 4.79 Å². The van der Waals surface area contributed by atoms with E-state index in [4.69, 9.17) is 15.2 Å². The zero-order chi connectivity index (χ0) is 16.1. The molecule has 112 valence electrons. The minimum atomic E-state index is -1.59. The molecule has 0 radical (unpaired) electrons. The van der Waals surface area contributed by atoms with Crippen molar-refractivity contribution in [3.63, 3.8) is 0 Å². The largest absolute Gasteiger partial charge is 0.508 e. The monoisotopic (exact) mass is 300 g/mol. The lowest BCUT2D eigenvalue weighted by Gasteiger charge is -2.02. The summed E-state index contributed by atoms with van der Waals surface area (Å²) < 4.78 is 0. The van der Waals surface area contributed by atoms with Crippen molar-refractivity contribution < 1.29 is 25.1 Å². The molecule has 0 aliphatic heterocycles. The number of nitrogens with zero attached hydrogens (tertiary/aromatic N) is 2. The first-order chi connectivity index (χ1) is 10.5. The molecule has 0 saturated heterocycles. The standard InChI is InChI=1S/C14H13BN2O5/c18-13-5-4-12(6-9(13)7-14(19)20)17-16-11-3-1-2-10(8-11)15(21)22/h1-6,8,18,21-22H,7H2,(H,19,20). The summed E-state index contributed by atoms with van der Waals surface area (Å²) in [4.78, 5) is 10.7. The van der Waals surface area contributed by atoms with Gasteiger partial charge in [-0.2, -0.15) is 10.2 Å². The van der Waals surface area contributed by atoms with Crippen LogP contribution < -0.4 is 5.46 Å². The molecule has 0 heterocycles. The van der Waals surface area contributed by atoms with Gasteiger partial charge in [0.2, 0.25) is 0 Å². The number of phenolic OH excluding ortho intramolecular Hbond substituents is 1. The average molecular weight is 300 g/mol. The van der Waals surface area contributed by atoms with Crippen molar-refractivity contribution in [3.05, 3.63) is 48.0 Å². The molecule has 0 spiro atoms. The number of carbonyl (C=O) groups is 1. The molecule has 4 N–H and O–H groups in total. The molecule has 7 nitrogen and oxygen atoms in total. The van der Waals surface area contributed by atoms with Crippen molar-refractivity contribution in [1.29, 1.82) is 0 Å². The summed E-state index contributed by atoms with van der Waals surface area (Å²) in [6.07, 6.45) is -0.318. The van der Waals surface area contributed by atoms with Crippen LogP contribution in [0.4, 0.5) is 11.4 Å². The van der Waals surface area contributed by atoms with Crippen LogP contribution in [0, 0.1) is 0 Å². The molecule has 2 aromatic carbocycles. The Hall–Kier alpha value is -2.71. The highest BCUT2D eigenvalue weighted by atomic mass is 16.4. The Balaban J connectivity index is 2.23. The Bertz CT molecular complexity index is 718. The molecular weight excluding hydrogens is 287 g/mol. The Morgan fingerprint density at radius 3 is 2.36 bits per heavy atom. The molecule has 8 heteroatoms. The Morgan fingerprint density at radius 2 is 1.73 bits per heavy atom. The molecular formula is C14H13BN2O5. The Kier molecular flexibility index (Phi) is 4.87. The Morgan fingerprint density at radius 1 is 1.05 bits per heavy atom. The van der Waals surface area contributed by atoms with Crippen molar-refractivity contribution in [3.8, 4) is 5.75 Å². The predicted molar refractivity (Wildman–Crippen MR) is 79.9 cm³/mol. The third kappa shape index (κ3) is 4.14. The molecule has 0 bridgehead atoms. The van der Waals surface area contributed by atoms with Crippen molar-refractivity contribution in [1.82, 2.24) is 0 Å². The lowest BCUT2D eigenvalue weighted by molar-refractivity contribution is -0.136. The number of carboxylic acid groups (broad SMARTS) is 1. The van der Waals surface area contributed by atoms with Crippen LogP contribution in [0.5, 0.6) is 5.75 Å². The van der Waals surface area contributed by atoms with Gasteiger partial charge < -0.3 is 20.3 Å². The molecule has 0 atom stereocenters. The number of aliphatic carboxylic acids is 1. The lowest BCUT2D eigenvalue weighted by atomic mass is 9.80. The summed E-state index contributed by atoms with van der Waals surface area (Å²) in [5.41, 5.74) is 1.32. The summed E-state index contributed by atoms with van der Waals surface area (Å²) in [5, 5.41) is 44.4. The van der Waals surface area contributed by atoms with Gasteiger partial charge >= 0.3 is 13.1 Å². The number of benzene rings is 2. The minimum Gasteiger partial charge on any atom is -0.508 e. The van der Waals surface area contributed by atoms with Crippen molar-refractivity contribution in [2.24, 2.45) is 10.2 Å². The zero-order valence-electron chi connectivity index (χ0n) is 11.4. The minimum absolute atomic E-state index is 0.119. The number of aromatic hydroxyl groups is 1. The van der Waals surface area contributed by atoms with E-state index in [0.717, 1.165) is 0 Å². The normalized spacial score (nSPS) is 10.8. The van der Waals surface area contributed by atoms with Gasteiger partial charge in [-0.25, -0.2) is 0 Å². The van der Waals surface area contributed by atoms with Gasteiger partial charge in [0.05, 0.1) is 17.8 Å². The first kappa shape index (κ1) is 15.7. The predicted octanol–water partition coefficient (Wildman–Crippen LogP) is 1.11. The van der Waals surface area contributed by atoms with Crippen LogP contribution in [-0.4, -0.2) is 33.3 Å². The van der Waals surface area contributed by atoms with E-state index in [1.54, 1.807) is 12.1 Å². The highest BCUT2D eigenvalue weighted by Crippen LogP contribution is 2.25. The first-order valence-corrected chi connectivity index (χ1v) is 6.37. The zero-order valence-corrected chi connectivity index (χ0v) is 11.4. The van der Waals surface area contributed by atoms with Gasteiger partial charge in [0, 0.05) is 5.56 Å². The van der Waals surface area contributed by atoms with E-state index in [1.165, 1.54) is 30.3 Å². The second-order valence-corrected chi connectivity index (χ2v) is 4.55. The van der Waals surface area contributed by atoms with E-state index in [0.29, 0.717) is 11.4 Å². The highest BCUT2D eigenvalue weighted by Gasteiger charge is 2.10. The third-order valence-corrected chi connectivity index (χ3v) is 2.85. The number of rotatable bonds is 5. The van der Waals surface area contributed by atoms with Crippen molar-refractivity contribution >= 4 is 29.9 Å². The van der Waals surface area contributed by atoms with Crippen LogP contribution in [0.25, 0.3) is 0 Å². The van der Waals surface area contributed by atoms with Gasteiger partial charge in [-0.05, 0) is 35.8 Å². The van der Waals surface area contributed by atoms with Gasteiger partial charge in [0.1, 0.15) is 5.75 Å². The van der Waals surface area contributed by atoms with E-state index in [2.05, 4.69) is 10.2 Å². The van der Waals surface area contributed by atoms with Crippen molar-refractivity contribution in [2.75, 3.05) is 0 Å². The number of carboxylic acids is 1. The SMILES string of the molecule is O=C(O)Cc1cc(N=Nc2cccc(B(O)O)c2)ccc1O. The van der Waals surface area contributed by atoms with Crippen LogP contribution in [0.2, 0.25) is 0 Å². The molecule has 0 fully saturated rings. The summed E-state index contributed by atoms with van der Waals surface area (Å²) in [7, 11) is -1.59. The molecule has 0 aliphatic carbocycles. The number of hydrogen-bond donors (Lipinski definition) is 4. The van der Waals surface area contributed by atoms with Crippen LogP contribution in [0.1, 0.15) is 5.56 Å². The fraction of sp³-hybridized carbons (Fsp3) is 0.0714. The summed E-state index contributed by atoms with van der Waals surface area (Å²) in [5.74, 6) is -1.18. The fourth-order valence-electron chi connectivity index (χ4n) is 1.80. The third-order valence-electron chi connectivity index (χ3n) is 2.85. The molecule has 2 aromatic rings. The van der Waals surface area contributed by atoms with Crippen LogP contribution in [-0.2, 0) is 11.2 Å². The van der Waals surface area contributed by atoms with Gasteiger partial charge in [0.15, 0.2) is 0 Å². The van der Waals surface area contributed by atoms with E-state index < -0.39 is 13.1 Å². The maximum absolute atomic E-state index is 10.7. The smallest absolute Gasteiger partial charge is 0.488 e. The van der Waals surface area contributed by atoms with Gasteiger partial charge in [-0.1, -0.05) is 12.1 Å². The van der Waals surface area contributed by atoms with Gasteiger partial charge in [-0.15, -0.1) is 0 Å². The van der Waals surface area contributed by atoms with Crippen molar-refractivity contribution in [2.45, 2.75) is 6.42 Å². The number of hydrogen-bond acceptors (Lipinski definition) is 6. The summed E-state index contributed by atoms with van der Waals surface area (Å²) >= 11 is 0. The summed E-state index contributed by atoms with van der Waals surface area (Å²) in [6, 6.07) is 10.5. The topological polar surface area (TPSA) is 123 Å². The number of azo groups is 1. The molecule has 0 aromatic heterocycles. The molecule has 0 saturated carbocycles. The average Bonchev–Trinajstić information content (AvgIpc) is 2.48. The van der Waals surface area contributed by atoms with E-state index >= 15 is 0 Å². The maximum Gasteiger partial charge on any atom is 0.488 e. The van der Waals surface area contributed by atoms with Gasteiger partial charge in [0.25, 0.3) is 0 Å². The van der Waals surface area contributed by atoms with E-state index in [-0.39, 0.29) is 23.2 Å².